The Labute approximate surface area is 132 Å². The summed E-state index contributed by atoms with van der Waals surface area (Å²) in [6, 6.07) is 5.18. The highest BCUT2D eigenvalue weighted by Gasteiger charge is 2.26. The Balaban J connectivity index is 1.85. The number of halogens is 1. The summed E-state index contributed by atoms with van der Waals surface area (Å²) in [5.74, 6) is -0.774. The maximum absolute atomic E-state index is 12.1. The van der Waals surface area contributed by atoms with Gasteiger partial charge in [0.1, 0.15) is 0 Å². The van der Waals surface area contributed by atoms with Gasteiger partial charge in [-0.15, -0.1) is 0 Å². The van der Waals surface area contributed by atoms with E-state index >= 15 is 0 Å². The van der Waals surface area contributed by atoms with Crippen LogP contribution in [-0.4, -0.2) is 23.5 Å². The number of carbonyl (C=O) groups is 2. The van der Waals surface area contributed by atoms with Crippen LogP contribution in [0.25, 0.3) is 0 Å². The van der Waals surface area contributed by atoms with Crippen molar-refractivity contribution >= 4 is 33.5 Å². The topological polar surface area (TPSA) is 92.4 Å². The van der Waals surface area contributed by atoms with Crippen LogP contribution in [0.2, 0.25) is 0 Å². The number of benzene rings is 1. The average molecular weight is 355 g/mol. The fourth-order valence-corrected chi connectivity index (χ4v) is 3.03. The van der Waals surface area contributed by atoms with Crippen molar-refractivity contribution in [1.82, 2.24) is 5.32 Å². The zero-order valence-electron chi connectivity index (χ0n) is 11.6. The van der Waals surface area contributed by atoms with Crippen molar-refractivity contribution in [3.8, 4) is 0 Å². The molecule has 4 N–H and O–H groups in total. The summed E-state index contributed by atoms with van der Waals surface area (Å²) in [5, 5.41) is 11.9. The highest BCUT2D eigenvalue weighted by Crippen LogP contribution is 2.28. The number of anilines is 1. The molecule has 2 rings (SSSR count). The van der Waals surface area contributed by atoms with E-state index in [1.165, 1.54) is 0 Å². The zero-order chi connectivity index (χ0) is 15.4. The second-order valence-corrected chi connectivity index (χ2v) is 6.41. The van der Waals surface area contributed by atoms with Crippen LogP contribution in [0, 0.1) is 11.8 Å². The van der Waals surface area contributed by atoms with Crippen molar-refractivity contribution in [2.75, 3.05) is 12.3 Å². The van der Waals surface area contributed by atoms with Gasteiger partial charge < -0.3 is 16.2 Å². The van der Waals surface area contributed by atoms with Crippen LogP contribution in [0.4, 0.5) is 5.69 Å². The van der Waals surface area contributed by atoms with Crippen LogP contribution < -0.4 is 11.1 Å². The van der Waals surface area contributed by atoms with Crippen molar-refractivity contribution in [2.24, 2.45) is 11.8 Å². The largest absolute Gasteiger partial charge is 0.481 e. The van der Waals surface area contributed by atoms with E-state index in [2.05, 4.69) is 21.2 Å². The Morgan fingerprint density at radius 2 is 1.95 bits per heavy atom. The molecule has 1 aromatic carbocycles. The van der Waals surface area contributed by atoms with Gasteiger partial charge in [0.15, 0.2) is 0 Å². The molecule has 0 aliphatic heterocycles. The fourth-order valence-electron chi connectivity index (χ4n) is 2.67. The number of nitrogens with two attached hydrogens (primary N) is 1. The number of nitrogen functional groups attached to an aromatic ring is 1. The maximum atomic E-state index is 12.1. The van der Waals surface area contributed by atoms with Crippen molar-refractivity contribution in [3.63, 3.8) is 0 Å². The number of amides is 1. The SMILES string of the molecule is Nc1ccc(Br)cc1C(=O)NCC1CCC(C(=O)O)CC1. The fraction of sp³-hybridized carbons (Fsp3) is 0.467. The molecule has 21 heavy (non-hydrogen) atoms. The monoisotopic (exact) mass is 354 g/mol. The second-order valence-electron chi connectivity index (χ2n) is 5.50. The minimum Gasteiger partial charge on any atom is -0.481 e. The van der Waals surface area contributed by atoms with Crippen molar-refractivity contribution in [2.45, 2.75) is 25.7 Å². The molecule has 6 heteroatoms. The summed E-state index contributed by atoms with van der Waals surface area (Å²) in [5.41, 5.74) is 6.71. The molecule has 0 heterocycles. The van der Waals surface area contributed by atoms with E-state index in [1.807, 2.05) is 0 Å². The Bertz CT molecular complexity index is 540. The van der Waals surface area contributed by atoms with E-state index in [0.717, 1.165) is 17.3 Å². The van der Waals surface area contributed by atoms with E-state index in [1.54, 1.807) is 18.2 Å². The molecule has 0 aromatic heterocycles. The predicted molar refractivity (Wildman–Crippen MR) is 84.0 cm³/mol. The van der Waals surface area contributed by atoms with Crippen LogP contribution in [0.15, 0.2) is 22.7 Å². The summed E-state index contributed by atoms with van der Waals surface area (Å²) in [7, 11) is 0. The summed E-state index contributed by atoms with van der Waals surface area (Å²) >= 11 is 3.32. The molecule has 1 aliphatic carbocycles. The van der Waals surface area contributed by atoms with Gasteiger partial charge in [-0.25, -0.2) is 0 Å². The van der Waals surface area contributed by atoms with Crippen molar-refractivity contribution in [3.05, 3.63) is 28.2 Å². The quantitative estimate of drug-likeness (QED) is 0.724. The molecule has 114 valence electrons. The highest BCUT2D eigenvalue weighted by molar-refractivity contribution is 9.10. The van der Waals surface area contributed by atoms with Gasteiger partial charge in [0.2, 0.25) is 0 Å². The molecule has 1 aliphatic rings. The van der Waals surface area contributed by atoms with Crippen LogP contribution >= 0.6 is 15.9 Å². The molecular weight excluding hydrogens is 336 g/mol. The molecule has 0 unspecified atom stereocenters. The average Bonchev–Trinajstić information content (AvgIpc) is 2.47. The first-order valence-electron chi connectivity index (χ1n) is 7.03. The summed E-state index contributed by atoms with van der Waals surface area (Å²) in [6.07, 6.45) is 3.06. The lowest BCUT2D eigenvalue weighted by Crippen LogP contribution is -2.32. The lowest BCUT2D eigenvalue weighted by atomic mass is 9.82. The number of aliphatic carboxylic acids is 1. The van der Waals surface area contributed by atoms with Gasteiger partial charge in [0.05, 0.1) is 11.5 Å². The lowest BCUT2D eigenvalue weighted by Gasteiger charge is -2.26. The van der Waals surface area contributed by atoms with Crippen LogP contribution in [0.1, 0.15) is 36.0 Å². The Hall–Kier alpha value is -1.56. The zero-order valence-corrected chi connectivity index (χ0v) is 13.2. The number of rotatable bonds is 4. The lowest BCUT2D eigenvalue weighted by molar-refractivity contribution is -0.143. The summed E-state index contributed by atoms with van der Waals surface area (Å²) in [4.78, 5) is 23.0. The highest BCUT2D eigenvalue weighted by atomic mass is 79.9. The number of nitrogens with one attached hydrogen (secondary N) is 1. The molecular formula is C15H19BrN2O3. The summed E-state index contributed by atoms with van der Waals surface area (Å²) < 4.78 is 0.809. The number of hydrogen-bond acceptors (Lipinski definition) is 3. The minimum absolute atomic E-state index is 0.186. The van der Waals surface area contributed by atoms with Crippen LogP contribution in [0.5, 0.6) is 0 Å². The molecule has 0 radical (unpaired) electrons. The smallest absolute Gasteiger partial charge is 0.306 e. The van der Waals surface area contributed by atoms with E-state index in [9.17, 15) is 9.59 Å². The third-order valence-electron chi connectivity index (χ3n) is 4.01. The molecule has 0 saturated heterocycles. The number of carbonyl (C=O) groups excluding carboxylic acids is 1. The van der Waals surface area contributed by atoms with Gasteiger partial charge in [0.25, 0.3) is 5.91 Å². The minimum atomic E-state index is -0.709. The van der Waals surface area contributed by atoms with Gasteiger partial charge >= 0.3 is 5.97 Å². The first kappa shape index (κ1) is 15.8. The van der Waals surface area contributed by atoms with Gasteiger partial charge in [-0.2, -0.15) is 0 Å². The number of carboxylic acid groups (broad SMARTS) is 1. The molecule has 0 atom stereocenters. The third-order valence-corrected chi connectivity index (χ3v) is 4.50. The van der Waals surface area contributed by atoms with E-state index < -0.39 is 5.97 Å². The normalized spacial score (nSPS) is 21.8. The first-order chi connectivity index (χ1) is 9.97. The van der Waals surface area contributed by atoms with Gasteiger partial charge in [-0.3, -0.25) is 9.59 Å². The first-order valence-corrected chi connectivity index (χ1v) is 7.82. The Morgan fingerprint density at radius 1 is 1.29 bits per heavy atom. The standard InChI is InChI=1S/C15H19BrN2O3/c16-11-5-6-13(17)12(7-11)14(19)18-8-9-1-3-10(4-2-9)15(20)21/h5-7,9-10H,1-4,8,17H2,(H,18,19)(H,20,21). The molecule has 1 amide bonds. The van der Waals surface area contributed by atoms with Crippen molar-refractivity contribution < 1.29 is 14.7 Å². The van der Waals surface area contributed by atoms with E-state index in [-0.39, 0.29) is 11.8 Å². The van der Waals surface area contributed by atoms with Crippen LogP contribution in [0.3, 0.4) is 0 Å². The maximum Gasteiger partial charge on any atom is 0.306 e. The van der Waals surface area contributed by atoms with E-state index in [0.29, 0.717) is 36.6 Å². The Morgan fingerprint density at radius 3 is 2.57 bits per heavy atom. The predicted octanol–water partition coefficient (Wildman–Crippen LogP) is 2.65. The van der Waals surface area contributed by atoms with Crippen molar-refractivity contribution in [1.29, 1.82) is 0 Å². The van der Waals surface area contributed by atoms with Gasteiger partial charge in [-0.1, -0.05) is 15.9 Å². The van der Waals surface area contributed by atoms with Crippen LogP contribution in [-0.2, 0) is 4.79 Å². The molecule has 0 spiro atoms. The summed E-state index contributed by atoms with van der Waals surface area (Å²) in [6.45, 7) is 0.567. The molecule has 0 bridgehead atoms. The third kappa shape index (κ3) is 4.20. The van der Waals surface area contributed by atoms with Gasteiger partial charge in [0, 0.05) is 16.7 Å². The molecule has 5 nitrogen and oxygen atoms in total. The van der Waals surface area contributed by atoms with Gasteiger partial charge in [-0.05, 0) is 49.8 Å². The molecule has 1 saturated carbocycles. The second kappa shape index (κ2) is 6.93. The number of carboxylic acids is 1. The van der Waals surface area contributed by atoms with E-state index in [4.69, 9.17) is 10.8 Å². The Kier molecular flexibility index (Phi) is 5.22. The molecule has 1 aromatic rings. The number of hydrogen-bond donors (Lipinski definition) is 3. The molecule has 1 fully saturated rings.